The van der Waals surface area contributed by atoms with Crippen LogP contribution in [0.25, 0.3) is 0 Å². The van der Waals surface area contributed by atoms with E-state index in [2.05, 4.69) is 0 Å². The van der Waals surface area contributed by atoms with Crippen LogP contribution in [0.15, 0.2) is 24.3 Å². The van der Waals surface area contributed by atoms with Crippen molar-refractivity contribution in [2.24, 2.45) is 11.7 Å². The van der Waals surface area contributed by atoms with Gasteiger partial charge < -0.3 is 10.5 Å². The van der Waals surface area contributed by atoms with Crippen LogP contribution in [0.1, 0.15) is 18.1 Å². The summed E-state index contributed by atoms with van der Waals surface area (Å²) in [6, 6.07) is 7.82. The third kappa shape index (κ3) is 1.78. The summed E-state index contributed by atoms with van der Waals surface area (Å²) < 4.78 is 5.66. The molecule has 14 heavy (non-hydrogen) atoms. The van der Waals surface area contributed by atoms with Gasteiger partial charge in [-0.3, -0.25) is 0 Å². The number of ether oxygens (including phenoxy) is 1. The van der Waals surface area contributed by atoms with Gasteiger partial charge >= 0.3 is 0 Å². The van der Waals surface area contributed by atoms with E-state index in [1.54, 1.807) is 0 Å². The number of hydrogen-bond acceptors (Lipinski definition) is 2. The lowest BCUT2D eigenvalue weighted by Crippen LogP contribution is -2.18. The van der Waals surface area contributed by atoms with Crippen molar-refractivity contribution in [1.82, 2.24) is 0 Å². The predicted molar refractivity (Wildman–Crippen MR) is 57.3 cm³/mol. The number of halogens is 1. The average Bonchev–Trinajstić information content (AvgIpc) is 2.66. The lowest BCUT2D eigenvalue weighted by atomic mass is 9.95. The highest BCUT2D eigenvalue weighted by Gasteiger charge is 2.29. The second kappa shape index (κ2) is 4.30. The maximum atomic E-state index is 6.11. The average molecular weight is 212 g/mol. The zero-order valence-corrected chi connectivity index (χ0v) is 8.70. The zero-order valence-electron chi connectivity index (χ0n) is 7.95. The Balaban J connectivity index is 2.26. The molecule has 0 aromatic heterocycles. The second-order valence-corrected chi connectivity index (χ2v) is 4.00. The Hall–Kier alpha value is -0.570. The van der Waals surface area contributed by atoms with E-state index in [9.17, 15) is 0 Å². The van der Waals surface area contributed by atoms with E-state index in [1.807, 2.05) is 24.3 Å². The number of rotatable bonds is 2. The van der Waals surface area contributed by atoms with Gasteiger partial charge in [0.25, 0.3) is 0 Å². The summed E-state index contributed by atoms with van der Waals surface area (Å²) in [6.45, 7) is 1.45. The molecule has 1 aliphatic rings. The molecule has 0 aliphatic carbocycles. The van der Waals surface area contributed by atoms with Crippen LogP contribution in [0.5, 0.6) is 0 Å². The third-order valence-electron chi connectivity index (χ3n) is 2.73. The lowest BCUT2D eigenvalue weighted by molar-refractivity contribution is 0.0925. The van der Waals surface area contributed by atoms with Gasteiger partial charge in [-0.1, -0.05) is 29.8 Å². The minimum absolute atomic E-state index is 0.0914. The summed E-state index contributed by atoms with van der Waals surface area (Å²) >= 11 is 6.11. The first-order valence-corrected chi connectivity index (χ1v) is 5.27. The zero-order chi connectivity index (χ0) is 9.97. The highest BCUT2D eigenvalue weighted by molar-refractivity contribution is 6.31. The first kappa shape index (κ1) is 9.97. The topological polar surface area (TPSA) is 35.2 Å². The quantitative estimate of drug-likeness (QED) is 0.815. The van der Waals surface area contributed by atoms with Gasteiger partial charge in [-0.25, -0.2) is 0 Å². The molecule has 76 valence electrons. The molecule has 2 N–H and O–H groups in total. The van der Waals surface area contributed by atoms with Crippen molar-refractivity contribution in [3.63, 3.8) is 0 Å². The smallest absolute Gasteiger partial charge is 0.0880 e. The van der Waals surface area contributed by atoms with Gasteiger partial charge in [-0.05, 0) is 24.6 Å². The molecule has 0 saturated carbocycles. The Kier molecular flexibility index (Phi) is 3.06. The lowest BCUT2D eigenvalue weighted by Gasteiger charge is -2.18. The van der Waals surface area contributed by atoms with Gasteiger partial charge in [0.2, 0.25) is 0 Å². The molecule has 0 radical (unpaired) electrons. The van der Waals surface area contributed by atoms with E-state index in [0.717, 1.165) is 23.6 Å². The maximum absolute atomic E-state index is 6.11. The molecular weight excluding hydrogens is 198 g/mol. The summed E-state index contributed by atoms with van der Waals surface area (Å²) in [5.41, 5.74) is 6.76. The molecule has 1 aromatic carbocycles. The van der Waals surface area contributed by atoms with Gasteiger partial charge in [0.1, 0.15) is 0 Å². The Morgan fingerprint density at radius 2 is 2.21 bits per heavy atom. The summed E-state index contributed by atoms with van der Waals surface area (Å²) in [5.74, 6) is 0.412. The van der Waals surface area contributed by atoms with E-state index >= 15 is 0 Å². The summed E-state index contributed by atoms with van der Waals surface area (Å²) in [6.07, 6.45) is 1.13. The fourth-order valence-corrected chi connectivity index (χ4v) is 2.17. The summed E-state index contributed by atoms with van der Waals surface area (Å²) in [4.78, 5) is 0. The van der Waals surface area contributed by atoms with Crippen molar-refractivity contribution >= 4 is 11.6 Å². The SMILES string of the molecule is NCC1CCOC1c1ccccc1Cl. The van der Waals surface area contributed by atoms with Crippen LogP contribution in [0.2, 0.25) is 5.02 Å². The van der Waals surface area contributed by atoms with Crippen LogP contribution >= 0.6 is 11.6 Å². The molecule has 1 fully saturated rings. The number of nitrogens with two attached hydrogens (primary N) is 1. The van der Waals surface area contributed by atoms with Gasteiger partial charge in [0.15, 0.2) is 0 Å². The molecular formula is C11H14ClNO. The van der Waals surface area contributed by atoms with E-state index < -0.39 is 0 Å². The molecule has 0 amide bonds. The molecule has 3 heteroatoms. The molecule has 2 unspecified atom stereocenters. The molecule has 1 aromatic rings. The predicted octanol–water partition coefficient (Wildman–Crippen LogP) is 2.38. The number of hydrogen-bond donors (Lipinski definition) is 1. The van der Waals surface area contributed by atoms with Crippen molar-refractivity contribution in [3.05, 3.63) is 34.9 Å². The van der Waals surface area contributed by atoms with Crippen molar-refractivity contribution in [2.75, 3.05) is 13.2 Å². The fraction of sp³-hybridized carbons (Fsp3) is 0.455. The van der Waals surface area contributed by atoms with Crippen LogP contribution in [0, 0.1) is 5.92 Å². The van der Waals surface area contributed by atoms with Crippen LogP contribution in [0.4, 0.5) is 0 Å². The third-order valence-corrected chi connectivity index (χ3v) is 3.07. The molecule has 1 aliphatic heterocycles. The summed E-state index contributed by atoms with van der Waals surface area (Å²) in [7, 11) is 0. The molecule has 1 heterocycles. The minimum atomic E-state index is 0.0914. The second-order valence-electron chi connectivity index (χ2n) is 3.60. The van der Waals surface area contributed by atoms with Crippen molar-refractivity contribution in [2.45, 2.75) is 12.5 Å². The van der Waals surface area contributed by atoms with Crippen LogP contribution in [-0.4, -0.2) is 13.2 Å². The first-order chi connectivity index (χ1) is 6.83. The first-order valence-electron chi connectivity index (χ1n) is 4.89. The number of benzene rings is 1. The van der Waals surface area contributed by atoms with Crippen LogP contribution in [-0.2, 0) is 4.74 Å². The fourth-order valence-electron chi connectivity index (χ4n) is 1.92. The minimum Gasteiger partial charge on any atom is -0.373 e. The van der Waals surface area contributed by atoms with Gasteiger partial charge in [0.05, 0.1) is 6.10 Å². The van der Waals surface area contributed by atoms with E-state index in [-0.39, 0.29) is 6.10 Å². The molecule has 1 saturated heterocycles. The monoisotopic (exact) mass is 211 g/mol. The molecule has 0 spiro atoms. The van der Waals surface area contributed by atoms with Gasteiger partial charge in [-0.15, -0.1) is 0 Å². The van der Waals surface area contributed by atoms with Crippen molar-refractivity contribution in [3.8, 4) is 0 Å². The van der Waals surface area contributed by atoms with Crippen molar-refractivity contribution in [1.29, 1.82) is 0 Å². The molecule has 2 atom stereocenters. The van der Waals surface area contributed by atoms with Crippen LogP contribution < -0.4 is 5.73 Å². The molecule has 0 bridgehead atoms. The van der Waals surface area contributed by atoms with E-state index in [4.69, 9.17) is 22.1 Å². The standard InChI is InChI=1S/C11H14ClNO/c12-10-4-2-1-3-9(10)11-8(7-13)5-6-14-11/h1-4,8,11H,5-7,13H2. The van der Waals surface area contributed by atoms with Gasteiger partial charge in [0, 0.05) is 17.5 Å². The van der Waals surface area contributed by atoms with E-state index in [1.165, 1.54) is 0 Å². The normalized spacial score (nSPS) is 26.7. The Bertz CT molecular complexity index is 316. The summed E-state index contributed by atoms with van der Waals surface area (Å²) in [5, 5.41) is 0.776. The Labute approximate surface area is 89.0 Å². The van der Waals surface area contributed by atoms with Gasteiger partial charge in [-0.2, -0.15) is 0 Å². The Morgan fingerprint density at radius 1 is 1.43 bits per heavy atom. The highest BCUT2D eigenvalue weighted by Crippen LogP contribution is 2.36. The van der Waals surface area contributed by atoms with Crippen LogP contribution in [0.3, 0.4) is 0 Å². The van der Waals surface area contributed by atoms with Crippen molar-refractivity contribution < 1.29 is 4.74 Å². The Morgan fingerprint density at radius 3 is 2.93 bits per heavy atom. The largest absolute Gasteiger partial charge is 0.373 e. The van der Waals surface area contributed by atoms with E-state index in [0.29, 0.717) is 12.5 Å². The highest BCUT2D eigenvalue weighted by atomic mass is 35.5. The maximum Gasteiger partial charge on any atom is 0.0880 e. The molecule has 2 rings (SSSR count). The molecule has 2 nitrogen and oxygen atoms in total.